The fraction of sp³-hybridized carbons (Fsp3) is 0.143. The topological polar surface area (TPSA) is 0 Å². The first-order valence-corrected chi connectivity index (χ1v) is 11.1. The van der Waals surface area contributed by atoms with Gasteiger partial charge in [0.2, 0.25) is 0 Å². The lowest BCUT2D eigenvalue weighted by atomic mass is 10.1. The van der Waals surface area contributed by atoms with Crippen LogP contribution in [0.5, 0.6) is 0 Å². The number of halogens is 2. The number of aryl methyl sites for hydroxylation is 2. The molecule has 3 aromatic carbocycles. The molecule has 0 bridgehead atoms. The highest BCUT2D eigenvalue weighted by Crippen LogP contribution is 2.41. The summed E-state index contributed by atoms with van der Waals surface area (Å²) in [5.74, 6) is 0. The van der Waals surface area contributed by atoms with Crippen LogP contribution in [0.3, 0.4) is 0 Å². The van der Waals surface area contributed by atoms with Gasteiger partial charge in [0.25, 0.3) is 0 Å². The van der Waals surface area contributed by atoms with Crippen molar-refractivity contribution in [2.75, 3.05) is 0 Å². The lowest BCUT2D eigenvalue weighted by molar-refractivity contribution is 1.09. The fourth-order valence-corrected chi connectivity index (χ4v) is 5.26. The van der Waals surface area contributed by atoms with Crippen LogP contribution >= 0.6 is 55.4 Å². The molecule has 0 saturated heterocycles. The molecular weight excluding hydrogens is 476 g/mol. The maximum Gasteiger partial charge on any atom is 0.0192 e. The largest absolute Gasteiger partial charge is 0.0895 e. The monoisotopic (exact) mass is 492 g/mol. The third kappa shape index (κ3) is 4.73. The first-order valence-electron chi connectivity index (χ1n) is 7.91. The Morgan fingerprint density at radius 2 is 0.960 bits per heavy atom. The average Bonchev–Trinajstić information content (AvgIpc) is 2.59. The summed E-state index contributed by atoms with van der Waals surface area (Å²) >= 11 is 10.7. The Balaban J connectivity index is 1.96. The van der Waals surface area contributed by atoms with Crippen LogP contribution < -0.4 is 0 Å². The molecule has 3 aromatic rings. The predicted molar refractivity (Wildman–Crippen MR) is 117 cm³/mol. The molecule has 3 rings (SSSR count). The molecule has 0 aromatic heterocycles. The molecule has 0 heterocycles. The van der Waals surface area contributed by atoms with Crippen LogP contribution in [0.2, 0.25) is 0 Å². The van der Waals surface area contributed by atoms with Crippen molar-refractivity contribution in [1.29, 1.82) is 0 Å². The zero-order valence-corrected chi connectivity index (χ0v) is 19.1. The van der Waals surface area contributed by atoms with Crippen molar-refractivity contribution in [2.45, 2.75) is 40.4 Å². The van der Waals surface area contributed by atoms with E-state index in [-0.39, 0.29) is 0 Å². The maximum absolute atomic E-state index is 3.51. The Hall–Kier alpha value is -0.680. The van der Waals surface area contributed by atoms with Crippen molar-refractivity contribution in [3.05, 3.63) is 80.2 Å². The zero-order chi connectivity index (χ0) is 18.0. The minimum atomic E-state index is 1.11. The maximum atomic E-state index is 3.51. The van der Waals surface area contributed by atoms with Crippen molar-refractivity contribution in [1.82, 2.24) is 0 Å². The van der Waals surface area contributed by atoms with Crippen LogP contribution in [0.4, 0.5) is 0 Å². The first kappa shape index (κ1) is 19.1. The molecule has 0 aliphatic heterocycles. The molecule has 0 amide bonds. The molecule has 0 unspecified atom stereocenters. The van der Waals surface area contributed by atoms with Gasteiger partial charge in [-0.05, 0) is 86.0 Å². The van der Waals surface area contributed by atoms with Gasteiger partial charge in [0.15, 0.2) is 0 Å². The second kappa shape index (κ2) is 8.34. The lowest BCUT2D eigenvalue weighted by Gasteiger charge is -2.17. The van der Waals surface area contributed by atoms with Gasteiger partial charge in [-0.15, -0.1) is 0 Å². The fourth-order valence-electron chi connectivity index (χ4n) is 2.71. The summed E-state index contributed by atoms with van der Waals surface area (Å²) < 4.78 is 2.22. The average molecular weight is 494 g/mol. The molecule has 128 valence electrons. The number of benzene rings is 3. The second-order valence-corrected chi connectivity index (χ2v) is 9.90. The van der Waals surface area contributed by atoms with Gasteiger partial charge in [0.05, 0.1) is 0 Å². The summed E-state index contributed by atoms with van der Waals surface area (Å²) in [7, 11) is 0. The summed E-state index contributed by atoms with van der Waals surface area (Å²) in [6, 6.07) is 19.3. The highest BCUT2D eigenvalue weighted by molar-refractivity contribution is 9.10. The van der Waals surface area contributed by atoms with Crippen LogP contribution in [0, 0.1) is 20.8 Å². The Morgan fingerprint density at radius 3 is 1.32 bits per heavy atom. The van der Waals surface area contributed by atoms with E-state index in [1.807, 2.05) is 23.5 Å². The molecule has 0 N–H and O–H groups in total. The predicted octanol–water partition coefficient (Wildman–Crippen LogP) is 8.44. The van der Waals surface area contributed by atoms with E-state index in [9.17, 15) is 0 Å². The Labute approximate surface area is 175 Å². The van der Waals surface area contributed by atoms with Crippen molar-refractivity contribution >= 4 is 55.4 Å². The molecule has 0 aliphatic carbocycles. The van der Waals surface area contributed by atoms with E-state index in [4.69, 9.17) is 0 Å². The lowest BCUT2D eigenvalue weighted by Crippen LogP contribution is -1.93. The van der Waals surface area contributed by atoms with Gasteiger partial charge in [-0.1, -0.05) is 61.5 Å². The van der Waals surface area contributed by atoms with Crippen molar-refractivity contribution < 1.29 is 0 Å². The third-order valence-corrected chi connectivity index (χ3v) is 7.64. The van der Waals surface area contributed by atoms with Crippen molar-refractivity contribution in [2.24, 2.45) is 0 Å². The molecule has 25 heavy (non-hydrogen) atoms. The van der Waals surface area contributed by atoms with Gasteiger partial charge < -0.3 is 0 Å². The van der Waals surface area contributed by atoms with E-state index in [1.54, 1.807) is 0 Å². The highest BCUT2D eigenvalue weighted by Gasteiger charge is 2.13. The van der Waals surface area contributed by atoms with Crippen LogP contribution in [0.1, 0.15) is 16.7 Å². The summed E-state index contributed by atoms with van der Waals surface area (Å²) in [5.41, 5.74) is 4.03. The second-order valence-electron chi connectivity index (χ2n) is 5.91. The molecule has 0 fully saturated rings. The number of rotatable bonds is 4. The number of hydrogen-bond donors (Lipinski definition) is 0. The van der Waals surface area contributed by atoms with E-state index in [0.29, 0.717) is 0 Å². The quantitative estimate of drug-likeness (QED) is 0.357. The van der Waals surface area contributed by atoms with Crippen LogP contribution in [0.15, 0.2) is 83.1 Å². The SMILES string of the molecule is Cc1cc(C)c(Sc2ccc(Br)cc2)c(C)c1Sc1ccc(Br)cc1. The molecule has 0 aliphatic rings. The minimum absolute atomic E-state index is 1.11. The van der Waals surface area contributed by atoms with E-state index >= 15 is 0 Å². The summed E-state index contributed by atoms with van der Waals surface area (Å²) in [4.78, 5) is 5.23. The van der Waals surface area contributed by atoms with Gasteiger partial charge in [0.1, 0.15) is 0 Å². The van der Waals surface area contributed by atoms with Crippen LogP contribution in [0.25, 0.3) is 0 Å². The summed E-state index contributed by atoms with van der Waals surface area (Å²) in [6.07, 6.45) is 0. The normalized spacial score (nSPS) is 10.9. The van der Waals surface area contributed by atoms with E-state index in [0.717, 1.165) is 8.95 Å². The molecular formula is C21H18Br2S2. The Morgan fingerprint density at radius 1 is 0.600 bits per heavy atom. The summed E-state index contributed by atoms with van der Waals surface area (Å²) in [6.45, 7) is 6.65. The molecule has 4 heteroatoms. The Bertz CT molecular complexity index is 814. The summed E-state index contributed by atoms with van der Waals surface area (Å²) in [5, 5.41) is 0. The molecule has 0 nitrogen and oxygen atoms in total. The van der Waals surface area contributed by atoms with Gasteiger partial charge in [-0.3, -0.25) is 0 Å². The molecule has 0 saturated carbocycles. The third-order valence-electron chi connectivity index (χ3n) is 3.90. The molecule has 0 radical (unpaired) electrons. The molecule has 0 spiro atoms. The van der Waals surface area contributed by atoms with Gasteiger partial charge in [-0.25, -0.2) is 0 Å². The number of hydrogen-bond acceptors (Lipinski definition) is 2. The van der Waals surface area contributed by atoms with Gasteiger partial charge in [0, 0.05) is 28.5 Å². The minimum Gasteiger partial charge on any atom is -0.0895 e. The van der Waals surface area contributed by atoms with E-state index in [2.05, 4.69) is 107 Å². The Kier molecular flexibility index (Phi) is 6.37. The van der Waals surface area contributed by atoms with Crippen molar-refractivity contribution in [3.63, 3.8) is 0 Å². The highest BCUT2D eigenvalue weighted by atomic mass is 79.9. The standard InChI is InChI=1S/C21H18Br2S2/c1-13-12-14(2)21(25-19-10-6-17(23)7-11-19)15(3)20(13)24-18-8-4-16(22)5-9-18/h4-12H,1-3H3. The van der Waals surface area contributed by atoms with E-state index in [1.165, 1.54) is 36.3 Å². The van der Waals surface area contributed by atoms with Gasteiger partial charge >= 0.3 is 0 Å². The van der Waals surface area contributed by atoms with E-state index < -0.39 is 0 Å². The van der Waals surface area contributed by atoms with Crippen LogP contribution in [-0.2, 0) is 0 Å². The van der Waals surface area contributed by atoms with Crippen LogP contribution in [-0.4, -0.2) is 0 Å². The van der Waals surface area contributed by atoms with Crippen molar-refractivity contribution in [3.8, 4) is 0 Å². The molecule has 0 atom stereocenters. The van der Waals surface area contributed by atoms with Gasteiger partial charge in [-0.2, -0.15) is 0 Å². The zero-order valence-electron chi connectivity index (χ0n) is 14.3. The first-order chi connectivity index (χ1) is 11.9. The smallest absolute Gasteiger partial charge is 0.0192 e.